The number of amides is 1. The summed E-state index contributed by atoms with van der Waals surface area (Å²) in [6.07, 6.45) is 0. The molecular formula is C16H16ClFN2O. The predicted molar refractivity (Wildman–Crippen MR) is 81.6 cm³/mol. The van der Waals surface area contributed by atoms with Gasteiger partial charge in [0.1, 0.15) is 5.82 Å². The lowest BCUT2D eigenvalue weighted by atomic mass is 10.1. The molecular weight excluding hydrogens is 291 g/mol. The van der Waals surface area contributed by atoms with Gasteiger partial charge in [-0.15, -0.1) is 0 Å². The summed E-state index contributed by atoms with van der Waals surface area (Å²) in [5, 5.41) is 3.79. The number of nitrogens with two attached hydrogens (primary N) is 1. The molecule has 5 heteroatoms. The van der Waals surface area contributed by atoms with E-state index < -0.39 is 5.91 Å². The Morgan fingerprint density at radius 1 is 1.29 bits per heavy atom. The molecule has 2 aromatic carbocycles. The quantitative estimate of drug-likeness (QED) is 0.889. The maximum atomic E-state index is 12.9. The van der Waals surface area contributed by atoms with E-state index in [0.717, 1.165) is 11.1 Å². The van der Waals surface area contributed by atoms with Crippen molar-refractivity contribution in [3.63, 3.8) is 0 Å². The van der Waals surface area contributed by atoms with Gasteiger partial charge >= 0.3 is 0 Å². The minimum absolute atomic E-state index is 0.0532. The highest BCUT2D eigenvalue weighted by atomic mass is 35.5. The van der Waals surface area contributed by atoms with E-state index >= 15 is 0 Å². The summed E-state index contributed by atoms with van der Waals surface area (Å²) in [6.45, 7) is 2.52. The van der Waals surface area contributed by atoms with Crippen molar-refractivity contribution in [2.45, 2.75) is 19.5 Å². The van der Waals surface area contributed by atoms with Gasteiger partial charge in [0.25, 0.3) is 0 Å². The van der Waals surface area contributed by atoms with Crippen molar-refractivity contribution in [2.75, 3.05) is 0 Å². The lowest BCUT2D eigenvalue weighted by molar-refractivity contribution is 0.100. The summed E-state index contributed by atoms with van der Waals surface area (Å²) in [6, 6.07) is 11.4. The predicted octanol–water partition coefficient (Wildman–Crippen LogP) is 3.43. The van der Waals surface area contributed by atoms with Crippen LogP contribution in [0.4, 0.5) is 4.39 Å². The molecule has 2 rings (SSSR count). The van der Waals surface area contributed by atoms with E-state index in [9.17, 15) is 9.18 Å². The molecule has 0 bridgehead atoms. The summed E-state index contributed by atoms with van der Waals surface area (Å²) in [7, 11) is 0. The SMILES string of the molecule is C[C@@H](NCc1ccc(C(N)=O)cc1Cl)c1ccc(F)cc1. The summed E-state index contributed by atoms with van der Waals surface area (Å²) < 4.78 is 12.9. The van der Waals surface area contributed by atoms with E-state index in [1.54, 1.807) is 30.3 Å². The van der Waals surface area contributed by atoms with Crippen LogP contribution in [0.3, 0.4) is 0 Å². The Balaban J connectivity index is 2.02. The number of carbonyl (C=O) groups is 1. The molecule has 2 aromatic rings. The molecule has 3 N–H and O–H groups in total. The normalized spacial score (nSPS) is 12.1. The molecule has 0 aliphatic heterocycles. The second kappa shape index (κ2) is 6.70. The first-order valence-electron chi connectivity index (χ1n) is 6.54. The van der Waals surface area contributed by atoms with Gasteiger partial charge in [0.2, 0.25) is 5.91 Å². The number of hydrogen-bond acceptors (Lipinski definition) is 2. The Bertz CT molecular complexity index is 643. The molecule has 110 valence electrons. The number of halogens is 2. The molecule has 0 aliphatic rings. The molecule has 0 spiro atoms. The number of hydrogen-bond donors (Lipinski definition) is 2. The largest absolute Gasteiger partial charge is 0.366 e. The van der Waals surface area contributed by atoms with E-state index in [1.165, 1.54) is 12.1 Å². The molecule has 0 aliphatic carbocycles. The van der Waals surface area contributed by atoms with Crippen molar-refractivity contribution in [3.05, 3.63) is 70.0 Å². The Morgan fingerprint density at radius 2 is 1.95 bits per heavy atom. The Labute approximate surface area is 127 Å². The summed E-state index contributed by atoms with van der Waals surface area (Å²) in [4.78, 5) is 11.1. The number of carbonyl (C=O) groups excluding carboxylic acids is 1. The molecule has 0 aromatic heterocycles. The number of benzene rings is 2. The van der Waals surface area contributed by atoms with Crippen LogP contribution >= 0.6 is 11.6 Å². The Hall–Kier alpha value is -1.91. The van der Waals surface area contributed by atoms with Gasteiger partial charge in [-0.3, -0.25) is 4.79 Å². The van der Waals surface area contributed by atoms with Crippen molar-refractivity contribution >= 4 is 17.5 Å². The van der Waals surface area contributed by atoms with Crippen molar-refractivity contribution in [1.29, 1.82) is 0 Å². The average Bonchev–Trinajstić information content (AvgIpc) is 2.46. The van der Waals surface area contributed by atoms with E-state index in [1.807, 2.05) is 6.92 Å². The van der Waals surface area contributed by atoms with Gasteiger partial charge in [0, 0.05) is 23.2 Å². The monoisotopic (exact) mass is 306 g/mol. The van der Waals surface area contributed by atoms with Crippen LogP contribution in [0.2, 0.25) is 5.02 Å². The smallest absolute Gasteiger partial charge is 0.248 e. The molecule has 0 unspecified atom stereocenters. The van der Waals surface area contributed by atoms with Crippen LogP contribution < -0.4 is 11.1 Å². The second-order valence-corrected chi connectivity index (χ2v) is 5.23. The first kappa shape index (κ1) is 15.5. The standard InChI is InChI=1S/C16H16ClFN2O/c1-10(11-4-6-14(18)7-5-11)20-9-13-3-2-12(16(19)21)8-15(13)17/h2-8,10,20H,9H2,1H3,(H2,19,21)/t10-/m1/s1. The first-order valence-corrected chi connectivity index (χ1v) is 6.92. The fourth-order valence-electron chi connectivity index (χ4n) is 1.98. The van der Waals surface area contributed by atoms with E-state index in [0.29, 0.717) is 17.1 Å². The molecule has 1 atom stereocenters. The molecule has 0 heterocycles. The van der Waals surface area contributed by atoms with E-state index in [-0.39, 0.29) is 11.9 Å². The van der Waals surface area contributed by atoms with Gasteiger partial charge in [0.05, 0.1) is 0 Å². The highest BCUT2D eigenvalue weighted by Crippen LogP contribution is 2.19. The number of rotatable bonds is 5. The van der Waals surface area contributed by atoms with Gasteiger partial charge in [-0.1, -0.05) is 29.8 Å². The van der Waals surface area contributed by atoms with Crippen LogP contribution in [0.1, 0.15) is 34.5 Å². The maximum absolute atomic E-state index is 12.9. The minimum Gasteiger partial charge on any atom is -0.366 e. The molecule has 0 radical (unpaired) electrons. The van der Waals surface area contributed by atoms with Crippen LogP contribution in [-0.4, -0.2) is 5.91 Å². The Kier molecular flexibility index (Phi) is 4.94. The minimum atomic E-state index is -0.504. The molecule has 1 amide bonds. The van der Waals surface area contributed by atoms with E-state index in [4.69, 9.17) is 17.3 Å². The average molecular weight is 307 g/mol. The lowest BCUT2D eigenvalue weighted by Crippen LogP contribution is -2.18. The van der Waals surface area contributed by atoms with Crippen LogP contribution in [0.25, 0.3) is 0 Å². The van der Waals surface area contributed by atoms with Crippen molar-refractivity contribution in [3.8, 4) is 0 Å². The third-order valence-electron chi connectivity index (χ3n) is 3.31. The fraction of sp³-hybridized carbons (Fsp3) is 0.188. The Morgan fingerprint density at radius 3 is 2.52 bits per heavy atom. The zero-order chi connectivity index (χ0) is 15.4. The number of primary amides is 1. The second-order valence-electron chi connectivity index (χ2n) is 4.82. The third kappa shape index (κ3) is 4.03. The molecule has 0 saturated carbocycles. The van der Waals surface area contributed by atoms with Crippen LogP contribution in [0, 0.1) is 5.82 Å². The number of nitrogens with one attached hydrogen (secondary N) is 1. The van der Waals surface area contributed by atoms with Gasteiger partial charge in [-0.25, -0.2) is 4.39 Å². The highest BCUT2D eigenvalue weighted by molar-refractivity contribution is 6.31. The summed E-state index contributed by atoms with van der Waals surface area (Å²) in [5.74, 6) is -0.757. The van der Waals surface area contributed by atoms with Crippen LogP contribution in [-0.2, 0) is 6.54 Å². The van der Waals surface area contributed by atoms with Gasteiger partial charge in [-0.2, -0.15) is 0 Å². The van der Waals surface area contributed by atoms with Crippen LogP contribution in [0.5, 0.6) is 0 Å². The maximum Gasteiger partial charge on any atom is 0.248 e. The van der Waals surface area contributed by atoms with Crippen molar-refractivity contribution in [1.82, 2.24) is 5.32 Å². The van der Waals surface area contributed by atoms with Gasteiger partial charge in [-0.05, 0) is 42.3 Å². The molecule has 0 saturated heterocycles. The van der Waals surface area contributed by atoms with Gasteiger partial charge in [0.15, 0.2) is 0 Å². The zero-order valence-electron chi connectivity index (χ0n) is 11.6. The van der Waals surface area contributed by atoms with Gasteiger partial charge < -0.3 is 11.1 Å². The topological polar surface area (TPSA) is 55.1 Å². The van der Waals surface area contributed by atoms with E-state index in [2.05, 4.69) is 5.32 Å². The lowest BCUT2D eigenvalue weighted by Gasteiger charge is -2.15. The highest BCUT2D eigenvalue weighted by Gasteiger charge is 2.08. The molecule has 21 heavy (non-hydrogen) atoms. The van der Waals surface area contributed by atoms with Crippen molar-refractivity contribution < 1.29 is 9.18 Å². The van der Waals surface area contributed by atoms with Crippen molar-refractivity contribution in [2.24, 2.45) is 5.73 Å². The first-order chi connectivity index (χ1) is 9.97. The zero-order valence-corrected chi connectivity index (χ0v) is 12.3. The molecule has 0 fully saturated rings. The fourth-order valence-corrected chi connectivity index (χ4v) is 2.22. The molecule has 3 nitrogen and oxygen atoms in total. The summed E-state index contributed by atoms with van der Waals surface area (Å²) in [5.41, 5.74) is 7.44. The summed E-state index contributed by atoms with van der Waals surface area (Å²) >= 11 is 6.13. The van der Waals surface area contributed by atoms with Crippen LogP contribution in [0.15, 0.2) is 42.5 Å². The third-order valence-corrected chi connectivity index (χ3v) is 3.66.